The molecule has 0 N–H and O–H groups in total. The van der Waals surface area contributed by atoms with Crippen molar-refractivity contribution >= 4 is 0 Å². The highest BCUT2D eigenvalue weighted by Crippen LogP contribution is 2.24. The Hall–Kier alpha value is -1.12. The van der Waals surface area contributed by atoms with Gasteiger partial charge in [0.25, 0.3) is 0 Å². The average Bonchev–Trinajstić information content (AvgIpc) is 1.86. The SMILES string of the molecule is CC1=CC=CC(C)([N+](=O)[O-])C1. The summed E-state index contributed by atoms with van der Waals surface area (Å²) in [5.41, 5.74) is 0.186. The molecule has 0 saturated carbocycles. The molecule has 0 fully saturated rings. The van der Waals surface area contributed by atoms with E-state index >= 15 is 0 Å². The molecule has 0 aromatic heterocycles. The van der Waals surface area contributed by atoms with Gasteiger partial charge in [-0.1, -0.05) is 17.7 Å². The predicted molar refractivity (Wildman–Crippen MR) is 42.9 cm³/mol. The molecule has 0 aliphatic heterocycles. The van der Waals surface area contributed by atoms with Crippen LogP contribution in [0.25, 0.3) is 0 Å². The van der Waals surface area contributed by atoms with Crippen LogP contribution in [-0.4, -0.2) is 10.5 Å². The molecule has 0 bridgehead atoms. The van der Waals surface area contributed by atoms with Crippen molar-refractivity contribution in [1.82, 2.24) is 0 Å². The number of hydrogen-bond acceptors (Lipinski definition) is 2. The predicted octanol–water partition coefficient (Wildman–Crippen LogP) is 1.93. The lowest BCUT2D eigenvalue weighted by atomic mass is 9.90. The van der Waals surface area contributed by atoms with Gasteiger partial charge in [-0.2, -0.15) is 0 Å². The lowest BCUT2D eigenvalue weighted by Crippen LogP contribution is -2.33. The zero-order valence-electron chi connectivity index (χ0n) is 6.70. The summed E-state index contributed by atoms with van der Waals surface area (Å²) in [7, 11) is 0. The van der Waals surface area contributed by atoms with Crippen LogP contribution in [-0.2, 0) is 0 Å². The molecular weight excluding hydrogens is 142 g/mol. The van der Waals surface area contributed by atoms with Gasteiger partial charge in [-0.15, -0.1) is 0 Å². The molecule has 3 heteroatoms. The third-order valence-corrected chi connectivity index (χ3v) is 1.89. The summed E-state index contributed by atoms with van der Waals surface area (Å²) in [6, 6.07) is 0. The van der Waals surface area contributed by atoms with Crippen molar-refractivity contribution < 1.29 is 4.92 Å². The molecule has 0 aromatic rings. The molecule has 0 amide bonds. The number of nitro groups is 1. The molecule has 3 nitrogen and oxygen atoms in total. The Kier molecular flexibility index (Phi) is 1.81. The smallest absolute Gasteiger partial charge is 0.241 e. The number of hydrogen-bond donors (Lipinski definition) is 0. The van der Waals surface area contributed by atoms with E-state index in [9.17, 15) is 10.1 Å². The van der Waals surface area contributed by atoms with Crippen molar-refractivity contribution in [2.75, 3.05) is 0 Å². The van der Waals surface area contributed by atoms with Gasteiger partial charge in [0, 0.05) is 18.3 Å². The number of rotatable bonds is 1. The van der Waals surface area contributed by atoms with E-state index in [0.717, 1.165) is 5.57 Å². The molecule has 60 valence electrons. The van der Waals surface area contributed by atoms with Gasteiger partial charge < -0.3 is 0 Å². The highest BCUT2D eigenvalue weighted by molar-refractivity contribution is 5.22. The Balaban J connectivity index is 2.86. The van der Waals surface area contributed by atoms with Gasteiger partial charge in [0.1, 0.15) is 0 Å². The maximum Gasteiger partial charge on any atom is 0.241 e. The standard InChI is InChI=1S/C8H11NO2/c1-7-4-3-5-8(2,6-7)9(10)11/h3-5H,6H2,1-2H3. The van der Waals surface area contributed by atoms with Gasteiger partial charge in [-0.3, -0.25) is 10.1 Å². The van der Waals surface area contributed by atoms with Gasteiger partial charge in [0.15, 0.2) is 0 Å². The molecule has 11 heavy (non-hydrogen) atoms. The fraction of sp³-hybridized carbons (Fsp3) is 0.500. The zero-order chi connectivity index (χ0) is 8.48. The van der Waals surface area contributed by atoms with Gasteiger partial charge in [-0.25, -0.2) is 0 Å². The van der Waals surface area contributed by atoms with Crippen LogP contribution in [0.3, 0.4) is 0 Å². The lowest BCUT2D eigenvalue weighted by molar-refractivity contribution is -0.550. The first-order valence-electron chi connectivity index (χ1n) is 3.54. The minimum Gasteiger partial charge on any atom is -0.264 e. The van der Waals surface area contributed by atoms with Crippen molar-refractivity contribution in [3.8, 4) is 0 Å². The van der Waals surface area contributed by atoms with Crippen LogP contribution in [0.4, 0.5) is 0 Å². The van der Waals surface area contributed by atoms with Crippen LogP contribution in [0, 0.1) is 10.1 Å². The van der Waals surface area contributed by atoms with E-state index in [1.54, 1.807) is 19.1 Å². The monoisotopic (exact) mass is 153 g/mol. The second-order valence-electron chi connectivity index (χ2n) is 3.16. The summed E-state index contributed by atoms with van der Waals surface area (Å²) in [4.78, 5) is 10.3. The van der Waals surface area contributed by atoms with E-state index in [4.69, 9.17) is 0 Å². The van der Waals surface area contributed by atoms with E-state index in [1.807, 2.05) is 13.0 Å². The second kappa shape index (κ2) is 2.49. The van der Waals surface area contributed by atoms with E-state index in [0.29, 0.717) is 6.42 Å². The van der Waals surface area contributed by atoms with Crippen molar-refractivity contribution in [3.05, 3.63) is 33.9 Å². The third-order valence-electron chi connectivity index (χ3n) is 1.89. The first kappa shape index (κ1) is 7.98. The van der Waals surface area contributed by atoms with Crippen LogP contribution in [0.15, 0.2) is 23.8 Å². The molecule has 0 spiro atoms. The maximum atomic E-state index is 10.5. The van der Waals surface area contributed by atoms with Crippen LogP contribution < -0.4 is 0 Å². The van der Waals surface area contributed by atoms with Crippen LogP contribution in [0.5, 0.6) is 0 Å². The summed E-state index contributed by atoms with van der Waals surface area (Å²) in [6.07, 6.45) is 5.82. The Morgan fingerprint density at radius 3 is 2.73 bits per heavy atom. The first-order valence-corrected chi connectivity index (χ1v) is 3.54. The fourth-order valence-electron chi connectivity index (χ4n) is 1.23. The molecule has 1 unspecified atom stereocenters. The van der Waals surface area contributed by atoms with Gasteiger partial charge in [0.2, 0.25) is 5.54 Å². The van der Waals surface area contributed by atoms with Gasteiger partial charge >= 0.3 is 0 Å². The second-order valence-corrected chi connectivity index (χ2v) is 3.16. The molecule has 0 aromatic carbocycles. The Morgan fingerprint density at radius 1 is 1.73 bits per heavy atom. The molecule has 1 aliphatic rings. The zero-order valence-corrected chi connectivity index (χ0v) is 6.70. The van der Waals surface area contributed by atoms with Gasteiger partial charge in [0.05, 0.1) is 0 Å². The number of nitrogens with zero attached hydrogens (tertiary/aromatic N) is 1. The summed E-state index contributed by atoms with van der Waals surface area (Å²) in [5.74, 6) is 0. The van der Waals surface area contributed by atoms with E-state index in [2.05, 4.69) is 0 Å². The first-order chi connectivity index (χ1) is 5.04. The van der Waals surface area contributed by atoms with Gasteiger partial charge in [-0.05, 0) is 13.0 Å². The molecular formula is C8H11NO2. The highest BCUT2D eigenvalue weighted by Gasteiger charge is 2.35. The molecule has 0 saturated heterocycles. The highest BCUT2D eigenvalue weighted by atomic mass is 16.6. The minimum atomic E-state index is -0.876. The third kappa shape index (κ3) is 1.48. The molecule has 0 heterocycles. The summed E-state index contributed by atoms with van der Waals surface area (Å²) in [6.45, 7) is 3.55. The van der Waals surface area contributed by atoms with Crippen LogP contribution in [0.1, 0.15) is 20.3 Å². The maximum absolute atomic E-state index is 10.5. The van der Waals surface area contributed by atoms with Crippen molar-refractivity contribution in [2.45, 2.75) is 25.8 Å². The summed E-state index contributed by atoms with van der Waals surface area (Å²) >= 11 is 0. The fourth-order valence-corrected chi connectivity index (χ4v) is 1.23. The van der Waals surface area contributed by atoms with Crippen LogP contribution >= 0.6 is 0 Å². The molecule has 1 aliphatic carbocycles. The average molecular weight is 153 g/mol. The van der Waals surface area contributed by atoms with Crippen molar-refractivity contribution in [2.24, 2.45) is 0 Å². The van der Waals surface area contributed by atoms with Crippen molar-refractivity contribution in [1.29, 1.82) is 0 Å². The number of allylic oxidation sites excluding steroid dienone is 2. The Morgan fingerprint density at radius 2 is 2.36 bits per heavy atom. The topological polar surface area (TPSA) is 43.1 Å². The minimum absolute atomic E-state index is 0.236. The summed E-state index contributed by atoms with van der Waals surface area (Å²) in [5, 5.41) is 10.5. The normalized spacial score (nSPS) is 29.8. The quantitative estimate of drug-likeness (QED) is 0.426. The van der Waals surface area contributed by atoms with E-state index in [1.165, 1.54) is 0 Å². The Labute approximate surface area is 65.6 Å². The summed E-state index contributed by atoms with van der Waals surface area (Å²) < 4.78 is 0. The largest absolute Gasteiger partial charge is 0.264 e. The molecule has 0 radical (unpaired) electrons. The van der Waals surface area contributed by atoms with E-state index < -0.39 is 5.54 Å². The lowest BCUT2D eigenvalue weighted by Gasteiger charge is -2.19. The Bertz CT molecular complexity index is 242. The van der Waals surface area contributed by atoms with Crippen LogP contribution in [0.2, 0.25) is 0 Å². The van der Waals surface area contributed by atoms with Crippen molar-refractivity contribution in [3.63, 3.8) is 0 Å². The molecule has 1 atom stereocenters. The van der Waals surface area contributed by atoms with E-state index in [-0.39, 0.29) is 4.92 Å². The molecule has 1 rings (SSSR count).